The Morgan fingerprint density at radius 2 is 2.00 bits per heavy atom. The van der Waals surface area contributed by atoms with Gasteiger partial charge in [-0.05, 0) is 36.7 Å². The van der Waals surface area contributed by atoms with Crippen LogP contribution in [0.5, 0.6) is 5.88 Å². The molecule has 0 radical (unpaired) electrons. The number of hydrogen-bond donors (Lipinski definition) is 0. The number of ether oxygens (including phenoxy) is 1. The summed E-state index contributed by atoms with van der Waals surface area (Å²) in [6.45, 7) is 6.65. The van der Waals surface area contributed by atoms with E-state index in [0.29, 0.717) is 17.9 Å². The van der Waals surface area contributed by atoms with Crippen LogP contribution in [0, 0.1) is 5.92 Å². The molecule has 0 N–H and O–H groups in total. The largest absolute Gasteiger partial charge is 0.474 e. The van der Waals surface area contributed by atoms with Crippen LogP contribution >= 0.6 is 0 Å². The maximum atomic E-state index is 5.99. The van der Waals surface area contributed by atoms with Gasteiger partial charge < -0.3 is 4.74 Å². The fraction of sp³-hybridized carbons (Fsp3) is 0.667. The molecule has 2 atom stereocenters. The molecule has 0 saturated heterocycles. The lowest BCUT2D eigenvalue weighted by molar-refractivity contribution is 0.0975. The second kappa shape index (κ2) is 5.52. The summed E-state index contributed by atoms with van der Waals surface area (Å²) < 4.78 is 5.99. The molecule has 1 heterocycles. The quantitative estimate of drug-likeness (QED) is 0.782. The summed E-state index contributed by atoms with van der Waals surface area (Å²) in [5.74, 6) is 1.98. The molecule has 2 nitrogen and oxygen atoms in total. The van der Waals surface area contributed by atoms with E-state index in [4.69, 9.17) is 4.74 Å². The van der Waals surface area contributed by atoms with Gasteiger partial charge in [0, 0.05) is 12.3 Å². The molecule has 94 valence electrons. The van der Waals surface area contributed by atoms with E-state index < -0.39 is 0 Å². The summed E-state index contributed by atoms with van der Waals surface area (Å²) in [5.41, 5.74) is 1.27. The number of aromatic nitrogens is 1. The van der Waals surface area contributed by atoms with Crippen molar-refractivity contribution in [3.05, 3.63) is 23.9 Å². The molecule has 0 bridgehead atoms. The van der Waals surface area contributed by atoms with Gasteiger partial charge in [0.2, 0.25) is 5.88 Å². The predicted octanol–water partition coefficient (Wildman–Crippen LogP) is 4.16. The first kappa shape index (κ1) is 12.4. The Hall–Kier alpha value is -1.05. The highest BCUT2D eigenvalue weighted by Crippen LogP contribution is 2.27. The molecular weight excluding hydrogens is 210 g/mol. The third kappa shape index (κ3) is 3.21. The summed E-state index contributed by atoms with van der Waals surface area (Å²) in [5, 5.41) is 0. The Labute approximate surface area is 104 Å². The summed E-state index contributed by atoms with van der Waals surface area (Å²) in [7, 11) is 0. The molecule has 1 aliphatic carbocycles. The predicted molar refractivity (Wildman–Crippen MR) is 70.4 cm³/mol. The monoisotopic (exact) mass is 233 g/mol. The molecule has 1 saturated carbocycles. The van der Waals surface area contributed by atoms with Crippen LogP contribution in [0.25, 0.3) is 0 Å². The molecule has 1 aliphatic rings. The maximum Gasteiger partial charge on any atom is 0.213 e. The second-order valence-electron chi connectivity index (χ2n) is 5.50. The molecule has 0 aromatic carbocycles. The van der Waals surface area contributed by atoms with Crippen LogP contribution in [0.3, 0.4) is 0 Å². The molecule has 0 amide bonds. The first-order valence-electron chi connectivity index (χ1n) is 6.79. The van der Waals surface area contributed by atoms with E-state index >= 15 is 0 Å². The van der Waals surface area contributed by atoms with E-state index in [0.717, 1.165) is 5.88 Å². The van der Waals surface area contributed by atoms with Gasteiger partial charge in [-0.25, -0.2) is 4.98 Å². The fourth-order valence-electron chi connectivity index (χ4n) is 2.42. The van der Waals surface area contributed by atoms with E-state index in [1.54, 1.807) is 0 Å². The molecule has 0 spiro atoms. The minimum Gasteiger partial charge on any atom is -0.474 e. The van der Waals surface area contributed by atoms with Crippen molar-refractivity contribution in [1.82, 2.24) is 4.98 Å². The summed E-state index contributed by atoms with van der Waals surface area (Å²) in [6, 6.07) is 4.14. The van der Waals surface area contributed by atoms with E-state index in [-0.39, 0.29) is 0 Å². The third-order valence-corrected chi connectivity index (χ3v) is 3.73. The minimum absolute atomic E-state index is 0.362. The summed E-state index contributed by atoms with van der Waals surface area (Å²) in [6.07, 6.45) is 7.40. The van der Waals surface area contributed by atoms with E-state index in [1.807, 2.05) is 12.3 Å². The molecule has 0 aliphatic heterocycles. The summed E-state index contributed by atoms with van der Waals surface area (Å²) >= 11 is 0. The Bertz CT molecular complexity index is 344. The lowest BCUT2D eigenvalue weighted by Crippen LogP contribution is -2.28. The van der Waals surface area contributed by atoms with Crippen LogP contribution in [-0.2, 0) is 0 Å². The number of rotatable bonds is 3. The number of nitrogens with zero attached hydrogens (tertiary/aromatic N) is 1. The average Bonchev–Trinajstić information content (AvgIpc) is 2.33. The van der Waals surface area contributed by atoms with Crippen molar-refractivity contribution < 1.29 is 4.74 Å². The van der Waals surface area contributed by atoms with Crippen molar-refractivity contribution in [2.75, 3.05) is 0 Å². The van der Waals surface area contributed by atoms with Crippen molar-refractivity contribution in [1.29, 1.82) is 0 Å². The van der Waals surface area contributed by atoms with Gasteiger partial charge in [0.05, 0.1) is 0 Å². The van der Waals surface area contributed by atoms with Crippen molar-refractivity contribution in [3.8, 4) is 5.88 Å². The smallest absolute Gasteiger partial charge is 0.213 e. The molecular formula is C15H23NO. The topological polar surface area (TPSA) is 22.1 Å². The molecule has 2 rings (SSSR count). The van der Waals surface area contributed by atoms with Crippen LogP contribution in [-0.4, -0.2) is 11.1 Å². The van der Waals surface area contributed by atoms with Gasteiger partial charge in [-0.2, -0.15) is 0 Å². The van der Waals surface area contributed by atoms with Crippen LogP contribution in [0.15, 0.2) is 18.3 Å². The van der Waals surface area contributed by atoms with Gasteiger partial charge in [0.25, 0.3) is 0 Å². The van der Waals surface area contributed by atoms with Crippen molar-refractivity contribution in [3.63, 3.8) is 0 Å². The van der Waals surface area contributed by atoms with Gasteiger partial charge in [-0.1, -0.05) is 33.3 Å². The van der Waals surface area contributed by atoms with Gasteiger partial charge >= 0.3 is 0 Å². The van der Waals surface area contributed by atoms with Crippen molar-refractivity contribution in [2.24, 2.45) is 5.92 Å². The molecule has 0 unspecified atom stereocenters. The standard InChI is InChI=1S/C15H23NO/c1-11(2)13-8-9-15(16-10-13)17-14-7-5-4-6-12(14)3/h8-12,14H,4-7H2,1-3H3/t12-,14+/m1/s1. The van der Waals surface area contributed by atoms with Gasteiger partial charge in [0.1, 0.15) is 6.10 Å². The van der Waals surface area contributed by atoms with E-state index in [2.05, 4.69) is 31.8 Å². The normalized spacial score (nSPS) is 24.9. The number of hydrogen-bond acceptors (Lipinski definition) is 2. The molecule has 2 heteroatoms. The second-order valence-corrected chi connectivity index (χ2v) is 5.50. The fourth-order valence-corrected chi connectivity index (χ4v) is 2.42. The molecule has 1 aromatic heterocycles. The Kier molecular flexibility index (Phi) is 4.03. The van der Waals surface area contributed by atoms with E-state index in [9.17, 15) is 0 Å². The van der Waals surface area contributed by atoms with Crippen molar-refractivity contribution >= 4 is 0 Å². The lowest BCUT2D eigenvalue weighted by atomic mass is 9.88. The first-order valence-corrected chi connectivity index (χ1v) is 6.79. The Morgan fingerprint density at radius 1 is 1.24 bits per heavy atom. The average molecular weight is 233 g/mol. The number of pyridine rings is 1. The van der Waals surface area contributed by atoms with E-state index in [1.165, 1.54) is 31.2 Å². The minimum atomic E-state index is 0.362. The molecule has 17 heavy (non-hydrogen) atoms. The van der Waals surface area contributed by atoms with Gasteiger partial charge in [-0.15, -0.1) is 0 Å². The van der Waals surface area contributed by atoms with Crippen molar-refractivity contribution in [2.45, 2.75) is 58.5 Å². The highest BCUT2D eigenvalue weighted by atomic mass is 16.5. The molecule has 1 aromatic rings. The van der Waals surface area contributed by atoms with Crippen LogP contribution in [0.2, 0.25) is 0 Å². The first-order chi connectivity index (χ1) is 8.16. The van der Waals surface area contributed by atoms with Gasteiger partial charge in [0.15, 0.2) is 0 Å². The lowest BCUT2D eigenvalue weighted by Gasteiger charge is -2.28. The van der Waals surface area contributed by atoms with Crippen LogP contribution in [0.4, 0.5) is 0 Å². The summed E-state index contributed by atoms with van der Waals surface area (Å²) in [4.78, 5) is 4.41. The third-order valence-electron chi connectivity index (χ3n) is 3.73. The van der Waals surface area contributed by atoms with Gasteiger partial charge in [-0.3, -0.25) is 0 Å². The zero-order valence-electron chi connectivity index (χ0n) is 11.1. The Balaban J connectivity index is 1.98. The van der Waals surface area contributed by atoms with Crippen LogP contribution in [0.1, 0.15) is 57.9 Å². The maximum absolute atomic E-state index is 5.99. The zero-order valence-corrected chi connectivity index (χ0v) is 11.1. The highest BCUT2D eigenvalue weighted by Gasteiger charge is 2.23. The van der Waals surface area contributed by atoms with Crippen LogP contribution < -0.4 is 4.74 Å². The highest BCUT2D eigenvalue weighted by molar-refractivity contribution is 5.20. The zero-order chi connectivity index (χ0) is 12.3. The SMILES string of the molecule is CC(C)c1ccc(O[C@H]2CCCC[C@H]2C)nc1. The molecule has 1 fully saturated rings. The Morgan fingerprint density at radius 3 is 2.59 bits per heavy atom.